The highest BCUT2D eigenvalue weighted by Crippen LogP contribution is 2.18. The van der Waals surface area contributed by atoms with Crippen molar-refractivity contribution in [3.63, 3.8) is 0 Å². The molecule has 0 atom stereocenters. The van der Waals surface area contributed by atoms with Crippen LogP contribution in [0.25, 0.3) is 0 Å². The predicted molar refractivity (Wildman–Crippen MR) is 72.4 cm³/mol. The zero-order valence-electron chi connectivity index (χ0n) is 10.5. The van der Waals surface area contributed by atoms with E-state index in [0.717, 1.165) is 35.5 Å². The van der Waals surface area contributed by atoms with Gasteiger partial charge in [-0.2, -0.15) is 0 Å². The van der Waals surface area contributed by atoms with Crippen LogP contribution in [0.15, 0.2) is 6.20 Å². The van der Waals surface area contributed by atoms with Gasteiger partial charge in [0.25, 0.3) is 0 Å². The SMILES string of the molecule is Cc1cnc(C)c(N(CCCBr)C(C)C)n1. The normalized spacial score (nSPS) is 10.9. The number of hydrogen-bond acceptors (Lipinski definition) is 3. The van der Waals surface area contributed by atoms with E-state index in [9.17, 15) is 0 Å². The molecule has 1 rings (SSSR count). The van der Waals surface area contributed by atoms with E-state index in [-0.39, 0.29) is 0 Å². The van der Waals surface area contributed by atoms with Crippen molar-refractivity contribution >= 4 is 21.7 Å². The minimum Gasteiger partial charge on any atom is -0.353 e. The molecule has 4 heteroatoms. The Balaban J connectivity index is 2.95. The van der Waals surface area contributed by atoms with Crippen molar-refractivity contribution in [2.24, 2.45) is 0 Å². The monoisotopic (exact) mass is 285 g/mol. The second-order valence-electron chi connectivity index (χ2n) is 4.25. The average molecular weight is 286 g/mol. The summed E-state index contributed by atoms with van der Waals surface area (Å²) in [6, 6.07) is 0.453. The van der Waals surface area contributed by atoms with Gasteiger partial charge in [0.15, 0.2) is 5.82 Å². The standard InChI is InChI=1S/C12H20BrN3/c1-9(2)16(7-5-6-13)12-11(4)14-8-10(3)15-12/h8-9H,5-7H2,1-4H3. The van der Waals surface area contributed by atoms with Crippen LogP contribution in [0.4, 0.5) is 5.82 Å². The van der Waals surface area contributed by atoms with E-state index >= 15 is 0 Å². The molecule has 0 aliphatic carbocycles. The molecule has 0 unspecified atom stereocenters. The Hall–Kier alpha value is -0.640. The Bertz CT molecular complexity index is 339. The smallest absolute Gasteiger partial charge is 0.150 e. The molecule has 1 aromatic heterocycles. The summed E-state index contributed by atoms with van der Waals surface area (Å²) >= 11 is 3.47. The number of nitrogens with zero attached hydrogens (tertiary/aromatic N) is 3. The van der Waals surface area contributed by atoms with Crippen LogP contribution in [0.3, 0.4) is 0 Å². The highest BCUT2D eigenvalue weighted by molar-refractivity contribution is 9.09. The maximum absolute atomic E-state index is 4.60. The van der Waals surface area contributed by atoms with Gasteiger partial charge in [-0.3, -0.25) is 4.98 Å². The van der Waals surface area contributed by atoms with Gasteiger partial charge in [-0.25, -0.2) is 4.98 Å². The molecule has 0 saturated carbocycles. The summed E-state index contributed by atoms with van der Waals surface area (Å²) in [5, 5.41) is 1.02. The van der Waals surface area contributed by atoms with Crippen LogP contribution in [0.5, 0.6) is 0 Å². The molecule has 0 fully saturated rings. The van der Waals surface area contributed by atoms with Gasteiger partial charge < -0.3 is 4.90 Å². The van der Waals surface area contributed by atoms with E-state index in [2.05, 4.69) is 44.6 Å². The molecule has 16 heavy (non-hydrogen) atoms. The van der Waals surface area contributed by atoms with Crippen LogP contribution < -0.4 is 4.90 Å². The maximum atomic E-state index is 4.60. The Kier molecular flexibility index (Phi) is 5.19. The number of rotatable bonds is 5. The van der Waals surface area contributed by atoms with Gasteiger partial charge >= 0.3 is 0 Å². The molecule has 0 amide bonds. The first-order chi connectivity index (χ1) is 7.56. The first-order valence-electron chi connectivity index (χ1n) is 5.69. The summed E-state index contributed by atoms with van der Waals surface area (Å²) in [6.45, 7) is 9.40. The predicted octanol–water partition coefficient (Wildman–Crippen LogP) is 3.09. The van der Waals surface area contributed by atoms with Crippen LogP contribution in [0.1, 0.15) is 31.7 Å². The number of aryl methyl sites for hydroxylation is 2. The van der Waals surface area contributed by atoms with Crippen molar-refractivity contribution < 1.29 is 0 Å². The van der Waals surface area contributed by atoms with Gasteiger partial charge in [0.2, 0.25) is 0 Å². The molecule has 0 aromatic carbocycles. The van der Waals surface area contributed by atoms with Gasteiger partial charge in [0.1, 0.15) is 0 Å². The largest absolute Gasteiger partial charge is 0.353 e. The third-order valence-corrected chi connectivity index (χ3v) is 3.04. The summed E-state index contributed by atoms with van der Waals surface area (Å²) < 4.78 is 0. The third kappa shape index (κ3) is 3.44. The maximum Gasteiger partial charge on any atom is 0.150 e. The van der Waals surface area contributed by atoms with Crippen LogP contribution in [-0.4, -0.2) is 27.9 Å². The van der Waals surface area contributed by atoms with E-state index in [0.29, 0.717) is 6.04 Å². The molecule has 0 spiro atoms. The van der Waals surface area contributed by atoms with Crippen molar-refractivity contribution in [2.45, 2.75) is 40.2 Å². The number of aromatic nitrogens is 2. The quantitative estimate of drug-likeness (QED) is 0.779. The van der Waals surface area contributed by atoms with Gasteiger partial charge in [-0.15, -0.1) is 0 Å². The number of halogens is 1. The summed E-state index contributed by atoms with van der Waals surface area (Å²) in [6.07, 6.45) is 2.94. The molecule has 0 saturated heterocycles. The molecular formula is C12H20BrN3. The lowest BCUT2D eigenvalue weighted by Gasteiger charge is -2.28. The number of hydrogen-bond donors (Lipinski definition) is 0. The molecule has 1 heterocycles. The number of alkyl halides is 1. The zero-order chi connectivity index (χ0) is 12.1. The van der Waals surface area contributed by atoms with Gasteiger partial charge in [-0.1, -0.05) is 15.9 Å². The lowest BCUT2D eigenvalue weighted by atomic mass is 10.2. The third-order valence-electron chi connectivity index (χ3n) is 2.48. The zero-order valence-corrected chi connectivity index (χ0v) is 12.1. The first-order valence-corrected chi connectivity index (χ1v) is 6.81. The van der Waals surface area contributed by atoms with Crippen molar-refractivity contribution in [3.05, 3.63) is 17.6 Å². The highest BCUT2D eigenvalue weighted by atomic mass is 79.9. The summed E-state index contributed by atoms with van der Waals surface area (Å²) in [7, 11) is 0. The van der Waals surface area contributed by atoms with Crippen LogP contribution in [0.2, 0.25) is 0 Å². The Morgan fingerprint density at radius 3 is 2.62 bits per heavy atom. The summed E-state index contributed by atoms with van der Waals surface area (Å²) in [5.74, 6) is 1.02. The first kappa shape index (κ1) is 13.4. The molecule has 0 aliphatic heterocycles. The molecule has 0 N–H and O–H groups in total. The highest BCUT2D eigenvalue weighted by Gasteiger charge is 2.14. The van der Waals surface area contributed by atoms with Crippen LogP contribution in [0, 0.1) is 13.8 Å². The Morgan fingerprint density at radius 2 is 2.06 bits per heavy atom. The van der Waals surface area contributed by atoms with Crippen molar-refractivity contribution in [1.29, 1.82) is 0 Å². The van der Waals surface area contributed by atoms with Gasteiger partial charge in [-0.05, 0) is 34.1 Å². The molecule has 0 bridgehead atoms. The van der Waals surface area contributed by atoms with Crippen molar-refractivity contribution in [3.8, 4) is 0 Å². The summed E-state index contributed by atoms with van der Waals surface area (Å²) in [5.41, 5.74) is 1.99. The van der Waals surface area contributed by atoms with Crippen LogP contribution >= 0.6 is 15.9 Å². The lowest BCUT2D eigenvalue weighted by molar-refractivity contribution is 0.659. The van der Waals surface area contributed by atoms with Crippen molar-refractivity contribution in [1.82, 2.24) is 9.97 Å². The van der Waals surface area contributed by atoms with Crippen LogP contribution in [-0.2, 0) is 0 Å². The molecule has 0 aliphatic rings. The molecule has 3 nitrogen and oxygen atoms in total. The minimum absolute atomic E-state index is 0.453. The van der Waals surface area contributed by atoms with E-state index in [1.54, 1.807) is 0 Å². The van der Waals surface area contributed by atoms with E-state index in [4.69, 9.17) is 0 Å². The number of anilines is 1. The fraction of sp³-hybridized carbons (Fsp3) is 0.667. The van der Waals surface area contributed by atoms with E-state index in [1.807, 2.05) is 20.0 Å². The second-order valence-corrected chi connectivity index (χ2v) is 5.04. The molecular weight excluding hydrogens is 266 g/mol. The fourth-order valence-corrected chi connectivity index (χ4v) is 1.89. The average Bonchev–Trinajstić information content (AvgIpc) is 2.23. The van der Waals surface area contributed by atoms with Gasteiger partial charge in [0, 0.05) is 24.1 Å². The summed E-state index contributed by atoms with van der Waals surface area (Å²) in [4.78, 5) is 11.3. The van der Waals surface area contributed by atoms with Crippen molar-refractivity contribution in [2.75, 3.05) is 16.8 Å². The minimum atomic E-state index is 0.453. The fourth-order valence-electron chi connectivity index (χ4n) is 1.64. The van der Waals surface area contributed by atoms with Gasteiger partial charge in [0.05, 0.1) is 11.4 Å². The molecule has 90 valence electrons. The lowest BCUT2D eigenvalue weighted by Crippen LogP contribution is -2.33. The van der Waals surface area contributed by atoms with E-state index in [1.165, 1.54) is 0 Å². The topological polar surface area (TPSA) is 29.0 Å². The second kappa shape index (κ2) is 6.18. The Labute approximate surface area is 106 Å². The van der Waals surface area contributed by atoms with E-state index < -0.39 is 0 Å². The molecule has 1 aromatic rings. The Morgan fingerprint density at radius 1 is 1.38 bits per heavy atom. The molecule has 0 radical (unpaired) electrons.